The lowest BCUT2D eigenvalue weighted by atomic mass is 10.1. The minimum Gasteiger partial charge on any atom is -0.451 e. The third-order valence-corrected chi connectivity index (χ3v) is 4.93. The maximum Gasteiger partial charge on any atom is 0.329 e. The molecule has 0 aliphatic carbocycles. The number of hydrogen-bond acceptors (Lipinski definition) is 7. The molecule has 4 rings (SSSR count). The highest BCUT2D eigenvalue weighted by atomic mass is 16.6. The van der Waals surface area contributed by atoms with E-state index >= 15 is 0 Å². The summed E-state index contributed by atoms with van der Waals surface area (Å²) in [5, 5.41) is 7.94. The highest BCUT2D eigenvalue weighted by molar-refractivity contribution is 6.22. The van der Waals surface area contributed by atoms with Crippen molar-refractivity contribution in [3.8, 4) is 11.5 Å². The first-order valence-corrected chi connectivity index (χ1v) is 9.44. The van der Waals surface area contributed by atoms with Crippen LogP contribution in [0.1, 0.15) is 52.1 Å². The zero-order valence-corrected chi connectivity index (χ0v) is 16.7. The SMILES string of the molecule is Cc1ccc(-c2nnc(C(C)OC(=O)C(C)N3C(=O)c4ccccc4C3=O)o2)cc1. The van der Waals surface area contributed by atoms with Gasteiger partial charge in [-0.3, -0.25) is 14.5 Å². The Bertz CT molecular complexity index is 1100. The second-order valence-electron chi connectivity index (χ2n) is 7.09. The van der Waals surface area contributed by atoms with Crippen molar-refractivity contribution in [1.82, 2.24) is 15.1 Å². The van der Waals surface area contributed by atoms with E-state index in [1.54, 1.807) is 31.2 Å². The summed E-state index contributed by atoms with van der Waals surface area (Å²) in [5.74, 6) is -1.36. The lowest BCUT2D eigenvalue weighted by molar-refractivity contribution is -0.153. The van der Waals surface area contributed by atoms with Gasteiger partial charge in [-0.25, -0.2) is 4.79 Å². The number of aryl methyl sites for hydroxylation is 1. The molecule has 2 aromatic carbocycles. The van der Waals surface area contributed by atoms with E-state index in [0.717, 1.165) is 16.0 Å². The van der Waals surface area contributed by atoms with Gasteiger partial charge >= 0.3 is 5.97 Å². The van der Waals surface area contributed by atoms with Crippen molar-refractivity contribution in [1.29, 1.82) is 0 Å². The van der Waals surface area contributed by atoms with Crippen LogP contribution in [0.2, 0.25) is 0 Å². The van der Waals surface area contributed by atoms with Gasteiger partial charge in [-0.05, 0) is 45.0 Å². The molecule has 8 heteroatoms. The molecule has 2 heterocycles. The van der Waals surface area contributed by atoms with Crippen molar-refractivity contribution in [2.75, 3.05) is 0 Å². The molecule has 0 radical (unpaired) electrons. The number of ether oxygens (including phenoxy) is 1. The van der Waals surface area contributed by atoms with Crippen molar-refractivity contribution in [2.24, 2.45) is 0 Å². The smallest absolute Gasteiger partial charge is 0.329 e. The van der Waals surface area contributed by atoms with E-state index in [9.17, 15) is 14.4 Å². The van der Waals surface area contributed by atoms with Gasteiger partial charge in [0, 0.05) is 5.56 Å². The van der Waals surface area contributed by atoms with E-state index in [1.165, 1.54) is 6.92 Å². The normalized spacial score (nSPS) is 15.1. The number of esters is 1. The molecule has 0 N–H and O–H groups in total. The van der Waals surface area contributed by atoms with E-state index in [1.807, 2.05) is 31.2 Å². The van der Waals surface area contributed by atoms with Crippen LogP contribution in [-0.2, 0) is 9.53 Å². The molecule has 3 aromatic rings. The predicted molar refractivity (Wildman–Crippen MR) is 105 cm³/mol. The Labute approximate surface area is 172 Å². The molecule has 2 unspecified atom stereocenters. The number of aromatic nitrogens is 2. The summed E-state index contributed by atoms with van der Waals surface area (Å²) in [6, 6.07) is 12.9. The monoisotopic (exact) mass is 405 g/mol. The van der Waals surface area contributed by atoms with Crippen molar-refractivity contribution < 1.29 is 23.5 Å². The van der Waals surface area contributed by atoms with Gasteiger partial charge in [-0.15, -0.1) is 10.2 Å². The third kappa shape index (κ3) is 3.36. The van der Waals surface area contributed by atoms with Crippen LogP contribution in [0.4, 0.5) is 0 Å². The average Bonchev–Trinajstić information content (AvgIpc) is 3.33. The van der Waals surface area contributed by atoms with Gasteiger partial charge in [0.15, 0.2) is 6.10 Å². The van der Waals surface area contributed by atoms with Crippen LogP contribution in [0.3, 0.4) is 0 Å². The Hall–Kier alpha value is -3.81. The van der Waals surface area contributed by atoms with Crippen LogP contribution in [0.5, 0.6) is 0 Å². The van der Waals surface area contributed by atoms with E-state index in [0.29, 0.717) is 5.89 Å². The number of amides is 2. The third-order valence-electron chi connectivity index (χ3n) is 4.93. The minimum absolute atomic E-state index is 0.119. The second kappa shape index (κ2) is 7.55. The average molecular weight is 405 g/mol. The molecule has 152 valence electrons. The number of hydrogen-bond donors (Lipinski definition) is 0. The predicted octanol–water partition coefficient (Wildman–Crippen LogP) is 3.33. The maximum atomic E-state index is 12.6. The number of carbonyl (C=O) groups is 3. The molecule has 0 spiro atoms. The molecule has 1 aromatic heterocycles. The van der Waals surface area contributed by atoms with E-state index in [4.69, 9.17) is 9.15 Å². The Morgan fingerprint density at radius 1 is 0.967 bits per heavy atom. The summed E-state index contributed by atoms with van der Waals surface area (Å²) in [4.78, 5) is 38.6. The highest BCUT2D eigenvalue weighted by Gasteiger charge is 2.41. The molecule has 0 bridgehead atoms. The van der Waals surface area contributed by atoms with Gasteiger partial charge in [0.1, 0.15) is 6.04 Å². The minimum atomic E-state index is -1.10. The van der Waals surface area contributed by atoms with Crippen molar-refractivity contribution in [3.63, 3.8) is 0 Å². The Morgan fingerprint density at radius 2 is 1.57 bits per heavy atom. The number of nitrogens with zero attached hydrogens (tertiary/aromatic N) is 3. The fourth-order valence-electron chi connectivity index (χ4n) is 3.20. The summed E-state index contributed by atoms with van der Waals surface area (Å²) in [6.45, 7) is 5.00. The Kier molecular flexibility index (Phi) is 4.91. The summed E-state index contributed by atoms with van der Waals surface area (Å²) < 4.78 is 11.0. The Balaban J connectivity index is 1.46. The first-order chi connectivity index (χ1) is 14.4. The molecule has 1 aliphatic rings. The molecule has 2 atom stereocenters. The van der Waals surface area contributed by atoms with Crippen molar-refractivity contribution in [2.45, 2.75) is 32.9 Å². The summed E-state index contributed by atoms with van der Waals surface area (Å²) >= 11 is 0. The van der Waals surface area contributed by atoms with E-state index < -0.39 is 29.9 Å². The maximum absolute atomic E-state index is 12.6. The lowest BCUT2D eigenvalue weighted by Gasteiger charge is -2.22. The fourth-order valence-corrected chi connectivity index (χ4v) is 3.20. The van der Waals surface area contributed by atoms with Crippen molar-refractivity contribution in [3.05, 3.63) is 71.1 Å². The molecule has 30 heavy (non-hydrogen) atoms. The fraction of sp³-hybridized carbons (Fsp3) is 0.227. The molecular weight excluding hydrogens is 386 g/mol. The number of rotatable bonds is 5. The van der Waals surface area contributed by atoms with Gasteiger partial charge in [0.25, 0.3) is 17.7 Å². The largest absolute Gasteiger partial charge is 0.451 e. The topological polar surface area (TPSA) is 103 Å². The van der Waals surface area contributed by atoms with Crippen LogP contribution >= 0.6 is 0 Å². The molecule has 2 amide bonds. The standard InChI is InChI=1S/C22H19N3O5/c1-12-8-10-15(11-9-12)19-24-23-18(30-19)14(3)29-22(28)13(2)25-20(26)16-6-4-5-7-17(16)21(25)27/h4-11,13-14H,1-3H3. The molecule has 1 aliphatic heterocycles. The highest BCUT2D eigenvalue weighted by Crippen LogP contribution is 2.27. The first-order valence-electron chi connectivity index (χ1n) is 9.44. The summed E-state index contributed by atoms with van der Waals surface area (Å²) in [6.07, 6.45) is -0.846. The molecule has 0 saturated carbocycles. The number of benzene rings is 2. The zero-order valence-electron chi connectivity index (χ0n) is 16.7. The quantitative estimate of drug-likeness (QED) is 0.474. The molecule has 0 fully saturated rings. The van der Waals surface area contributed by atoms with Gasteiger partial charge in [0.2, 0.25) is 5.89 Å². The number of fused-ring (bicyclic) bond motifs is 1. The van der Waals surface area contributed by atoms with Gasteiger partial charge < -0.3 is 9.15 Å². The Morgan fingerprint density at radius 3 is 2.17 bits per heavy atom. The van der Waals surface area contributed by atoms with E-state index in [2.05, 4.69) is 10.2 Å². The number of imide groups is 1. The molecular formula is C22H19N3O5. The van der Waals surface area contributed by atoms with Crippen LogP contribution in [-0.4, -0.2) is 38.9 Å². The van der Waals surface area contributed by atoms with Crippen LogP contribution in [0.15, 0.2) is 52.9 Å². The molecule has 8 nitrogen and oxygen atoms in total. The summed E-state index contributed by atoms with van der Waals surface area (Å²) in [7, 11) is 0. The lowest BCUT2D eigenvalue weighted by Crippen LogP contribution is -2.43. The van der Waals surface area contributed by atoms with Crippen LogP contribution < -0.4 is 0 Å². The summed E-state index contributed by atoms with van der Waals surface area (Å²) in [5.41, 5.74) is 2.39. The van der Waals surface area contributed by atoms with Crippen molar-refractivity contribution >= 4 is 17.8 Å². The van der Waals surface area contributed by atoms with Gasteiger partial charge in [0.05, 0.1) is 11.1 Å². The second-order valence-corrected chi connectivity index (χ2v) is 7.09. The van der Waals surface area contributed by atoms with Crippen LogP contribution in [0.25, 0.3) is 11.5 Å². The number of carbonyl (C=O) groups excluding carboxylic acids is 3. The zero-order chi connectivity index (χ0) is 21.4. The molecule has 0 saturated heterocycles. The van der Waals surface area contributed by atoms with Crippen LogP contribution in [0, 0.1) is 6.92 Å². The van der Waals surface area contributed by atoms with Gasteiger partial charge in [-0.2, -0.15) is 0 Å². The van der Waals surface area contributed by atoms with E-state index in [-0.39, 0.29) is 17.0 Å². The first kappa shape index (κ1) is 19.5. The van der Waals surface area contributed by atoms with Gasteiger partial charge in [-0.1, -0.05) is 29.8 Å².